The fourth-order valence-corrected chi connectivity index (χ4v) is 2.85. The molecule has 7 heteroatoms. The minimum atomic E-state index is -0.579. The van der Waals surface area contributed by atoms with Gasteiger partial charge in [-0.3, -0.25) is 4.79 Å². The van der Waals surface area contributed by atoms with Crippen molar-refractivity contribution in [2.75, 3.05) is 14.2 Å². The van der Waals surface area contributed by atoms with Crippen LogP contribution in [0.5, 0.6) is 11.5 Å². The van der Waals surface area contributed by atoms with Crippen molar-refractivity contribution < 1.29 is 18.8 Å². The second-order valence-corrected chi connectivity index (χ2v) is 6.71. The number of ether oxygens (including phenoxy) is 2. The average molecular weight is 395 g/mol. The Kier molecular flexibility index (Phi) is 6.49. The van der Waals surface area contributed by atoms with Gasteiger partial charge in [0.05, 0.1) is 13.7 Å². The van der Waals surface area contributed by atoms with Gasteiger partial charge in [-0.1, -0.05) is 30.3 Å². The topological polar surface area (TPSA) is 77.7 Å². The van der Waals surface area contributed by atoms with Crippen LogP contribution in [-0.4, -0.2) is 41.2 Å². The van der Waals surface area contributed by atoms with Crippen molar-refractivity contribution >= 4 is 5.91 Å². The molecule has 3 aromatic rings. The quantitative estimate of drug-likeness (QED) is 0.576. The first-order valence-electron chi connectivity index (χ1n) is 9.46. The summed E-state index contributed by atoms with van der Waals surface area (Å²) >= 11 is 0. The Morgan fingerprint density at radius 3 is 2.55 bits per heavy atom. The van der Waals surface area contributed by atoms with Gasteiger partial charge in [-0.25, -0.2) is 0 Å². The van der Waals surface area contributed by atoms with Crippen LogP contribution in [0.4, 0.5) is 0 Å². The number of carbonyl (C=O) groups is 1. The number of hydrogen-bond donors (Lipinski definition) is 0. The van der Waals surface area contributed by atoms with Crippen LogP contribution in [0.1, 0.15) is 24.8 Å². The minimum absolute atomic E-state index is 0.139. The highest BCUT2D eigenvalue weighted by Crippen LogP contribution is 2.21. The summed E-state index contributed by atoms with van der Waals surface area (Å²) in [5.74, 6) is 2.15. The molecule has 0 aliphatic carbocycles. The Balaban J connectivity index is 1.65. The van der Waals surface area contributed by atoms with Crippen LogP contribution in [0.2, 0.25) is 0 Å². The van der Waals surface area contributed by atoms with Gasteiger partial charge in [-0.15, -0.1) is 0 Å². The zero-order chi connectivity index (χ0) is 20.8. The first-order chi connectivity index (χ1) is 14.0. The Bertz CT molecular complexity index is 953. The van der Waals surface area contributed by atoms with Gasteiger partial charge in [0.2, 0.25) is 11.7 Å². The maximum Gasteiger partial charge on any atom is 0.263 e. The molecule has 3 rings (SSSR count). The predicted molar refractivity (Wildman–Crippen MR) is 109 cm³/mol. The summed E-state index contributed by atoms with van der Waals surface area (Å²) in [4.78, 5) is 18.8. The Labute approximate surface area is 170 Å². The number of para-hydroxylation sites is 1. The molecule has 0 bridgehead atoms. The maximum absolute atomic E-state index is 12.8. The van der Waals surface area contributed by atoms with E-state index in [1.54, 1.807) is 14.2 Å². The lowest BCUT2D eigenvalue weighted by atomic mass is 10.2. The molecule has 0 N–H and O–H groups in total. The van der Waals surface area contributed by atoms with Crippen molar-refractivity contribution in [3.05, 3.63) is 60.0 Å². The van der Waals surface area contributed by atoms with Gasteiger partial charge in [0.15, 0.2) is 6.10 Å². The van der Waals surface area contributed by atoms with E-state index in [-0.39, 0.29) is 12.5 Å². The molecule has 29 heavy (non-hydrogen) atoms. The monoisotopic (exact) mass is 395 g/mol. The van der Waals surface area contributed by atoms with Gasteiger partial charge < -0.3 is 18.9 Å². The number of carbonyl (C=O) groups excluding carboxylic acids is 1. The number of hydrogen-bond acceptors (Lipinski definition) is 6. The molecule has 152 valence electrons. The standard InChI is InChI=1S/C22H25N3O4/c1-5-18(28-19-9-7-6-8-15(19)2)22(26)25(3)14-20-23-21(24-29-20)16-10-12-17(27-4)13-11-16/h6-13,18H,5,14H2,1-4H3/t18-/m0/s1. The van der Waals surface area contributed by atoms with E-state index < -0.39 is 6.10 Å². The van der Waals surface area contributed by atoms with Crippen molar-refractivity contribution in [1.29, 1.82) is 0 Å². The molecule has 0 saturated carbocycles. The Morgan fingerprint density at radius 1 is 1.17 bits per heavy atom. The molecule has 0 fully saturated rings. The molecule has 0 saturated heterocycles. The third kappa shape index (κ3) is 4.93. The second-order valence-electron chi connectivity index (χ2n) is 6.71. The third-order valence-electron chi connectivity index (χ3n) is 4.57. The molecule has 7 nitrogen and oxygen atoms in total. The fraction of sp³-hybridized carbons (Fsp3) is 0.318. The van der Waals surface area contributed by atoms with Crippen LogP contribution >= 0.6 is 0 Å². The fourth-order valence-electron chi connectivity index (χ4n) is 2.85. The lowest BCUT2D eigenvalue weighted by molar-refractivity contribution is -0.138. The van der Waals surface area contributed by atoms with Crippen molar-refractivity contribution in [1.82, 2.24) is 15.0 Å². The molecule has 0 spiro atoms. The number of methoxy groups -OCH3 is 1. The number of rotatable bonds is 8. The second kappa shape index (κ2) is 9.23. The highest BCUT2D eigenvalue weighted by Gasteiger charge is 2.24. The van der Waals surface area contributed by atoms with Crippen molar-refractivity contribution in [2.45, 2.75) is 32.9 Å². The van der Waals surface area contributed by atoms with Crippen LogP contribution < -0.4 is 9.47 Å². The lowest BCUT2D eigenvalue weighted by Crippen LogP contribution is -2.39. The van der Waals surface area contributed by atoms with E-state index >= 15 is 0 Å². The highest BCUT2D eigenvalue weighted by molar-refractivity contribution is 5.81. The van der Waals surface area contributed by atoms with E-state index in [4.69, 9.17) is 14.0 Å². The van der Waals surface area contributed by atoms with Crippen LogP contribution in [0.15, 0.2) is 53.1 Å². The molecule has 0 unspecified atom stereocenters. The zero-order valence-corrected chi connectivity index (χ0v) is 17.1. The predicted octanol–water partition coefficient (Wildman–Crippen LogP) is 3.87. The van der Waals surface area contributed by atoms with Crippen molar-refractivity contribution in [3.8, 4) is 22.9 Å². The van der Waals surface area contributed by atoms with E-state index in [0.29, 0.717) is 23.9 Å². The molecule has 1 heterocycles. The normalized spacial score (nSPS) is 11.7. The van der Waals surface area contributed by atoms with Gasteiger partial charge >= 0.3 is 0 Å². The van der Waals surface area contributed by atoms with E-state index in [0.717, 1.165) is 16.9 Å². The smallest absolute Gasteiger partial charge is 0.263 e. The number of aromatic nitrogens is 2. The van der Waals surface area contributed by atoms with Gasteiger partial charge in [0, 0.05) is 12.6 Å². The highest BCUT2D eigenvalue weighted by atomic mass is 16.5. The summed E-state index contributed by atoms with van der Waals surface area (Å²) in [6, 6.07) is 15.0. The lowest BCUT2D eigenvalue weighted by Gasteiger charge is -2.23. The van der Waals surface area contributed by atoms with Crippen molar-refractivity contribution in [3.63, 3.8) is 0 Å². The summed E-state index contributed by atoms with van der Waals surface area (Å²) in [6.07, 6.45) is -0.0246. The Hall–Kier alpha value is -3.35. The molecule has 1 amide bonds. The largest absolute Gasteiger partial charge is 0.497 e. The molecular formula is C22H25N3O4. The Morgan fingerprint density at radius 2 is 1.90 bits per heavy atom. The summed E-state index contributed by atoms with van der Waals surface area (Å²) in [6.45, 7) is 4.08. The molecule has 0 aliphatic heterocycles. The zero-order valence-electron chi connectivity index (χ0n) is 17.1. The third-order valence-corrected chi connectivity index (χ3v) is 4.57. The van der Waals surface area contributed by atoms with Gasteiger partial charge in [0.1, 0.15) is 11.5 Å². The first-order valence-corrected chi connectivity index (χ1v) is 9.46. The van der Waals surface area contributed by atoms with Crippen LogP contribution in [0, 0.1) is 6.92 Å². The van der Waals surface area contributed by atoms with Crippen LogP contribution in [0.3, 0.4) is 0 Å². The molecule has 1 aromatic heterocycles. The molecule has 2 aromatic carbocycles. The maximum atomic E-state index is 12.8. The van der Waals surface area contributed by atoms with E-state index in [2.05, 4.69) is 10.1 Å². The van der Waals surface area contributed by atoms with E-state index in [1.807, 2.05) is 62.4 Å². The molecule has 0 radical (unpaired) electrons. The number of aryl methyl sites for hydroxylation is 1. The van der Waals surface area contributed by atoms with Crippen molar-refractivity contribution in [2.24, 2.45) is 0 Å². The molecule has 1 atom stereocenters. The van der Waals surface area contributed by atoms with E-state index in [9.17, 15) is 4.79 Å². The summed E-state index contributed by atoms with van der Waals surface area (Å²) in [5, 5.41) is 4.00. The SMILES string of the molecule is CC[C@H](Oc1ccccc1C)C(=O)N(C)Cc1nc(-c2ccc(OC)cc2)no1. The first kappa shape index (κ1) is 20.4. The van der Waals surface area contributed by atoms with Gasteiger partial charge in [-0.05, 0) is 49.2 Å². The summed E-state index contributed by atoms with van der Waals surface area (Å²) < 4.78 is 16.4. The molecular weight excluding hydrogens is 370 g/mol. The van der Waals surface area contributed by atoms with Crippen LogP contribution in [-0.2, 0) is 11.3 Å². The number of benzene rings is 2. The summed E-state index contributed by atoms with van der Waals surface area (Å²) in [5.41, 5.74) is 1.80. The number of likely N-dealkylation sites (N-methyl/N-ethyl adjacent to an activating group) is 1. The van der Waals surface area contributed by atoms with Gasteiger partial charge in [-0.2, -0.15) is 4.98 Å². The summed E-state index contributed by atoms with van der Waals surface area (Å²) in [7, 11) is 3.31. The number of amides is 1. The number of nitrogens with zero attached hydrogens (tertiary/aromatic N) is 3. The molecule has 0 aliphatic rings. The average Bonchev–Trinajstić information content (AvgIpc) is 3.21. The van der Waals surface area contributed by atoms with Gasteiger partial charge in [0.25, 0.3) is 5.91 Å². The van der Waals surface area contributed by atoms with E-state index in [1.165, 1.54) is 4.90 Å². The van der Waals surface area contributed by atoms with Crippen LogP contribution in [0.25, 0.3) is 11.4 Å². The minimum Gasteiger partial charge on any atom is -0.497 e.